The molecule has 0 heterocycles. The summed E-state index contributed by atoms with van der Waals surface area (Å²) in [6, 6.07) is 13.6. The van der Waals surface area contributed by atoms with Gasteiger partial charge in [0.05, 0.1) is 12.7 Å². The summed E-state index contributed by atoms with van der Waals surface area (Å²) in [5, 5.41) is 14.6. The summed E-state index contributed by atoms with van der Waals surface area (Å²) < 4.78 is 10.5. The molecule has 1 aliphatic rings. The first-order valence-electron chi connectivity index (χ1n) is 10.1. The Morgan fingerprint density at radius 1 is 1.28 bits per heavy atom. The van der Waals surface area contributed by atoms with Crippen molar-refractivity contribution in [2.75, 3.05) is 19.8 Å². The minimum Gasteiger partial charge on any atom is -0.482 e. The number of esters is 1. The molecule has 5 nitrogen and oxygen atoms in total. The first-order chi connectivity index (χ1) is 14.0. The van der Waals surface area contributed by atoms with Gasteiger partial charge in [0.25, 0.3) is 0 Å². The molecule has 0 fully saturated rings. The lowest BCUT2D eigenvalue weighted by atomic mass is 10.0. The summed E-state index contributed by atoms with van der Waals surface area (Å²) >= 11 is 6.02. The van der Waals surface area contributed by atoms with Crippen molar-refractivity contribution >= 4 is 17.6 Å². The lowest BCUT2D eigenvalue weighted by molar-refractivity contribution is -0.145. The summed E-state index contributed by atoms with van der Waals surface area (Å²) in [7, 11) is 0. The molecular formula is C23H28ClNO4. The lowest BCUT2D eigenvalue weighted by Gasteiger charge is -2.20. The second kappa shape index (κ2) is 10.6. The second-order valence-electron chi connectivity index (χ2n) is 7.30. The number of rotatable bonds is 8. The van der Waals surface area contributed by atoms with Gasteiger partial charge < -0.3 is 19.9 Å². The van der Waals surface area contributed by atoms with Gasteiger partial charge in [0, 0.05) is 17.6 Å². The number of carbonyl (C=O) groups excluding carboxylic acids is 1. The van der Waals surface area contributed by atoms with Crippen molar-refractivity contribution in [3.05, 3.63) is 64.2 Å². The topological polar surface area (TPSA) is 67.8 Å². The zero-order valence-corrected chi connectivity index (χ0v) is 17.5. The minimum absolute atomic E-state index is 0.0712. The summed E-state index contributed by atoms with van der Waals surface area (Å²) in [6.45, 7) is 2.55. The number of aryl methyl sites for hydroxylation is 1. The molecule has 0 aromatic heterocycles. The smallest absolute Gasteiger partial charge is 0.344 e. The van der Waals surface area contributed by atoms with Crippen LogP contribution in [-0.2, 0) is 22.4 Å². The summed E-state index contributed by atoms with van der Waals surface area (Å²) in [5.41, 5.74) is 3.36. The van der Waals surface area contributed by atoms with Crippen LogP contribution in [0, 0.1) is 0 Å². The van der Waals surface area contributed by atoms with Crippen molar-refractivity contribution in [1.82, 2.24) is 5.32 Å². The van der Waals surface area contributed by atoms with Gasteiger partial charge in [-0.1, -0.05) is 29.8 Å². The van der Waals surface area contributed by atoms with Gasteiger partial charge in [-0.15, -0.1) is 0 Å². The van der Waals surface area contributed by atoms with E-state index in [1.165, 1.54) is 11.1 Å². The number of ether oxygens (including phenoxy) is 2. The first kappa shape index (κ1) is 21.6. The van der Waals surface area contributed by atoms with Crippen LogP contribution in [0.4, 0.5) is 0 Å². The molecule has 3 rings (SSSR count). The van der Waals surface area contributed by atoms with Crippen molar-refractivity contribution in [1.29, 1.82) is 0 Å². The van der Waals surface area contributed by atoms with Crippen LogP contribution in [0.3, 0.4) is 0 Å². The van der Waals surface area contributed by atoms with Crippen LogP contribution in [0.2, 0.25) is 5.02 Å². The maximum absolute atomic E-state index is 11.5. The van der Waals surface area contributed by atoms with Gasteiger partial charge in [0.1, 0.15) is 5.75 Å². The maximum Gasteiger partial charge on any atom is 0.344 e. The van der Waals surface area contributed by atoms with Crippen molar-refractivity contribution < 1.29 is 19.4 Å². The van der Waals surface area contributed by atoms with Gasteiger partial charge in [0.15, 0.2) is 6.61 Å². The van der Waals surface area contributed by atoms with Crippen LogP contribution in [0.15, 0.2) is 42.5 Å². The Bertz CT molecular complexity index is 826. The molecule has 2 N–H and O–H groups in total. The van der Waals surface area contributed by atoms with E-state index in [4.69, 9.17) is 21.1 Å². The second-order valence-corrected chi connectivity index (χ2v) is 7.73. The number of hydrogen-bond donors (Lipinski definition) is 2. The van der Waals surface area contributed by atoms with E-state index in [9.17, 15) is 9.90 Å². The number of fused-ring (bicyclic) bond motifs is 1. The van der Waals surface area contributed by atoms with E-state index in [2.05, 4.69) is 11.4 Å². The normalized spacial score (nSPS) is 17.1. The van der Waals surface area contributed by atoms with Crippen molar-refractivity contribution in [2.24, 2.45) is 0 Å². The van der Waals surface area contributed by atoms with Crippen LogP contribution in [0.5, 0.6) is 5.75 Å². The zero-order valence-electron chi connectivity index (χ0n) is 16.7. The molecule has 0 amide bonds. The largest absolute Gasteiger partial charge is 0.482 e. The monoisotopic (exact) mass is 417 g/mol. The predicted molar refractivity (Wildman–Crippen MR) is 113 cm³/mol. The van der Waals surface area contributed by atoms with Gasteiger partial charge >= 0.3 is 5.97 Å². The van der Waals surface area contributed by atoms with Crippen molar-refractivity contribution in [2.45, 2.75) is 44.8 Å². The van der Waals surface area contributed by atoms with Crippen LogP contribution in [-0.4, -0.2) is 36.9 Å². The van der Waals surface area contributed by atoms with Crippen molar-refractivity contribution in [3.8, 4) is 5.75 Å². The van der Waals surface area contributed by atoms with Crippen LogP contribution in [0.25, 0.3) is 0 Å². The third-order valence-electron chi connectivity index (χ3n) is 5.14. The molecule has 0 unspecified atom stereocenters. The number of benzene rings is 2. The molecule has 1 aliphatic carbocycles. The van der Waals surface area contributed by atoms with E-state index in [1.807, 2.05) is 24.3 Å². The highest BCUT2D eigenvalue weighted by Crippen LogP contribution is 2.26. The molecule has 6 heteroatoms. The van der Waals surface area contributed by atoms with Gasteiger partial charge in [-0.3, -0.25) is 0 Å². The fraction of sp³-hybridized carbons (Fsp3) is 0.435. The zero-order chi connectivity index (χ0) is 20.6. The van der Waals surface area contributed by atoms with E-state index in [0.717, 1.165) is 31.2 Å². The Morgan fingerprint density at radius 3 is 2.93 bits per heavy atom. The standard InChI is InChI=1S/C23H28ClNO4/c1-2-28-23(27)15-29-21-10-9-17-12-20(8-4-5-16(17)13-21)25-14-22(26)18-6-3-7-19(24)11-18/h3,6-7,9-11,13,20,22,25-26H,2,4-5,8,12,14-15H2,1H3/t20-,22-/m0/s1. The minimum atomic E-state index is -0.588. The fourth-order valence-corrected chi connectivity index (χ4v) is 3.86. The Kier molecular flexibility index (Phi) is 7.92. The third-order valence-corrected chi connectivity index (χ3v) is 5.37. The van der Waals surface area contributed by atoms with E-state index in [0.29, 0.717) is 30.0 Å². The number of halogens is 1. The van der Waals surface area contributed by atoms with Crippen LogP contribution < -0.4 is 10.1 Å². The highest BCUT2D eigenvalue weighted by molar-refractivity contribution is 6.30. The van der Waals surface area contributed by atoms with E-state index < -0.39 is 6.10 Å². The Morgan fingerprint density at radius 2 is 2.14 bits per heavy atom. The molecule has 0 saturated carbocycles. The molecular weight excluding hydrogens is 390 g/mol. The molecule has 2 aromatic carbocycles. The summed E-state index contributed by atoms with van der Waals surface area (Å²) in [6.07, 6.45) is 3.38. The molecule has 29 heavy (non-hydrogen) atoms. The van der Waals surface area contributed by atoms with Crippen LogP contribution >= 0.6 is 11.6 Å². The van der Waals surface area contributed by atoms with Gasteiger partial charge in [-0.05, 0) is 73.6 Å². The highest BCUT2D eigenvalue weighted by atomic mass is 35.5. The van der Waals surface area contributed by atoms with Crippen molar-refractivity contribution in [3.63, 3.8) is 0 Å². The number of aliphatic hydroxyl groups excluding tert-OH is 1. The first-order valence-corrected chi connectivity index (χ1v) is 10.5. The molecule has 0 radical (unpaired) electrons. The molecule has 2 aromatic rings. The van der Waals surface area contributed by atoms with Gasteiger partial charge in [-0.25, -0.2) is 4.79 Å². The molecule has 0 aliphatic heterocycles. The quantitative estimate of drug-likeness (QED) is 0.504. The van der Waals surface area contributed by atoms with E-state index >= 15 is 0 Å². The SMILES string of the molecule is CCOC(=O)COc1ccc2c(c1)CCC[C@H](NC[C@H](O)c1cccc(Cl)c1)C2. The number of hydrogen-bond acceptors (Lipinski definition) is 5. The lowest BCUT2D eigenvalue weighted by Crippen LogP contribution is -2.34. The third kappa shape index (κ3) is 6.46. The Labute approximate surface area is 177 Å². The molecule has 156 valence electrons. The summed E-state index contributed by atoms with van der Waals surface area (Å²) in [4.78, 5) is 11.5. The number of carbonyl (C=O) groups is 1. The molecule has 0 saturated heterocycles. The van der Waals surface area contributed by atoms with E-state index in [-0.39, 0.29) is 12.6 Å². The Balaban J connectivity index is 1.55. The maximum atomic E-state index is 11.5. The highest BCUT2D eigenvalue weighted by Gasteiger charge is 2.19. The van der Waals surface area contributed by atoms with Gasteiger partial charge in [-0.2, -0.15) is 0 Å². The predicted octanol–water partition coefficient (Wildman–Crippen LogP) is 3.85. The molecule has 2 atom stereocenters. The van der Waals surface area contributed by atoms with Crippen LogP contribution in [0.1, 0.15) is 42.6 Å². The summed E-state index contributed by atoms with van der Waals surface area (Å²) in [5.74, 6) is 0.338. The Hall–Kier alpha value is -2.08. The molecule has 0 bridgehead atoms. The average Bonchev–Trinajstić information content (AvgIpc) is 2.92. The van der Waals surface area contributed by atoms with Gasteiger partial charge in [0.2, 0.25) is 0 Å². The number of nitrogens with one attached hydrogen (secondary N) is 1. The number of aliphatic hydroxyl groups is 1. The fourth-order valence-electron chi connectivity index (χ4n) is 3.66. The van der Waals surface area contributed by atoms with E-state index in [1.54, 1.807) is 19.1 Å². The molecule has 0 spiro atoms. The average molecular weight is 418 g/mol.